The number of ether oxygens (including phenoxy) is 1. The Balaban J connectivity index is 2.31. The van der Waals surface area contributed by atoms with Crippen molar-refractivity contribution in [3.63, 3.8) is 0 Å². The van der Waals surface area contributed by atoms with Crippen molar-refractivity contribution in [2.75, 3.05) is 7.11 Å². The molecule has 0 saturated carbocycles. The fraction of sp³-hybridized carbons (Fsp3) is 0.143. The zero-order chi connectivity index (χ0) is 16.4. The van der Waals surface area contributed by atoms with Crippen LogP contribution in [0, 0.1) is 0 Å². The van der Waals surface area contributed by atoms with E-state index in [-0.39, 0.29) is 16.4 Å². The molecule has 0 fully saturated rings. The molecule has 0 radical (unpaired) electrons. The Bertz CT molecular complexity index is 752. The third-order valence-corrected chi connectivity index (χ3v) is 3.99. The van der Waals surface area contributed by atoms with E-state index in [4.69, 9.17) is 8.92 Å². The minimum Gasteiger partial charge on any atom is -0.493 e. The summed E-state index contributed by atoms with van der Waals surface area (Å²) in [7, 11) is -2.92. The maximum absolute atomic E-state index is 12.5. The van der Waals surface area contributed by atoms with Crippen molar-refractivity contribution in [1.82, 2.24) is 0 Å². The topological polar surface area (TPSA) is 52.6 Å². The predicted octanol–water partition coefficient (Wildman–Crippen LogP) is 3.48. The van der Waals surface area contributed by atoms with E-state index < -0.39 is 21.9 Å². The molecule has 0 aliphatic rings. The summed E-state index contributed by atoms with van der Waals surface area (Å²) in [5, 5.41) is 0. The van der Waals surface area contributed by atoms with Gasteiger partial charge in [-0.15, -0.1) is 0 Å². The third kappa shape index (κ3) is 3.51. The predicted molar refractivity (Wildman–Crippen MR) is 72.3 cm³/mol. The molecule has 0 N–H and O–H groups in total. The van der Waals surface area contributed by atoms with E-state index in [1.165, 1.54) is 19.2 Å². The highest BCUT2D eigenvalue weighted by molar-refractivity contribution is 7.87. The molecular formula is C14H11F3O4S. The first-order chi connectivity index (χ1) is 10.2. The second kappa shape index (κ2) is 5.88. The SMILES string of the molecule is COc1ccccc1OS(=O)(=O)c1ccc(C(F)(F)F)cc1. The van der Waals surface area contributed by atoms with Crippen LogP contribution < -0.4 is 8.92 Å². The minimum atomic E-state index is -4.54. The summed E-state index contributed by atoms with van der Waals surface area (Å²) in [6.07, 6.45) is -4.54. The summed E-state index contributed by atoms with van der Waals surface area (Å²) in [5.41, 5.74) is -0.941. The van der Waals surface area contributed by atoms with E-state index >= 15 is 0 Å². The number of alkyl halides is 3. The lowest BCUT2D eigenvalue weighted by Crippen LogP contribution is -2.11. The van der Waals surface area contributed by atoms with Crippen molar-refractivity contribution in [3.05, 3.63) is 54.1 Å². The molecule has 2 aromatic rings. The summed E-state index contributed by atoms with van der Waals surface area (Å²) in [6, 6.07) is 9.08. The van der Waals surface area contributed by atoms with Gasteiger partial charge in [0.05, 0.1) is 12.7 Å². The van der Waals surface area contributed by atoms with Gasteiger partial charge in [-0.05, 0) is 36.4 Å². The van der Waals surface area contributed by atoms with E-state index in [0.717, 1.165) is 12.1 Å². The lowest BCUT2D eigenvalue weighted by molar-refractivity contribution is -0.137. The van der Waals surface area contributed by atoms with Crippen molar-refractivity contribution in [2.45, 2.75) is 11.1 Å². The average molecular weight is 332 g/mol. The second-order valence-corrected chi connectivity index (χ2v) is 5.76. The zero-order valence-corrected chi connectivity index (χ0v) is 12.1. The van der Waals surface area contributed by atoms with Gasteiger partial charge < -0.3 is 8.92 Å². The van der Waals surface area contributed by atoms with Gasteiger partial charge in [-0.2, -0.15) is 21.6 Å². The van der Waals surface area contributed by atoms with Gasteiger partial charge in [-0.3, -0.25) is 0 Å². The van der Waals surface area contributed by atoms with Crippen LogP contribution in [-0.4, -0.2) is 15.5 Å². The zero-order valence-electron chi connectivity index (χ0n) is 11.3. The third-order valence-electron chi connectivity index (χ3n) is 2.74. The molecule has 0 amide bonds. The van der Waals surface area contributed by atoms with Gasteiger partial charge in [0.1, 0.15) is 4.90 Å². The molecule has 0 unspecified atom stereocenters. The first-order valence-electron chi connectivity index (χ1n) is 5.99. The highest BCUT2D eigenvalue weighted by Gasteiger charge is 2.31. The van der Waals surface area contributed by atoms with Crippen molar-refractivity contribution in [2.24, 2.45) is 0 Å². The number of hydrogen-bond acceptors (Lipinski definition) is 4. The molecule has 22 heavy (non-hydrogen) atoms. The van der Waals surface area contributed by atoms with Gasteiger partial charge >= 0.3 is 16.3 Å². The van der Waals surface area contributed by atoms with Crippen LogP contribution in [0.4, 0.5) is 13.2 Å². The fourth-order valence-corrected chi connectivity index (χ4v) is 2.60. The van der Waals surface area contributed by atoms with E-state index in [2.05, 4.69) is 0 Å². The molecule has 0 saturated heterocycles. The van der Waals surface area contributed by atoms with Crippen LogP contribution in [0.2, 0.25) is 0 Å². The molecule has 118 valence electrons. The molecule has 0 heterocycles. The van der Waals surface area contributed by atoms with Gasteiger partial charge in [0.25, 0.3) is 0 Å². The Kier molecular flexibility index (Phi) is 4.32. The Morgan fingerprint density at radius 3 is 1.95 bits per heavy atom. The summed E-state index contributed by atoms with van der Waals surface area (Å²) in [5.74, 6) is 0.142. The molecule has 0 bridgehead atoms. The smallest absolute Gasteiger partial charge is 0.416 e. The van der Waals surface area contributed by atoms with Gasteiger partial charge in [0.2, 0.25) is 0 Å². The number of benzene rings is 2. The first-order valence-corrected chi connectivity index (χ1v) is 7.39. The lowest BCUT2D eigenvalue weighted by atomic mass is 10.2. The van der Waals surface area contributed by atoms with Crippen molar-refractivity contribution in [1.29, 1.82) is 0 Å². The molecule has 0 aliphatic carbocycles. The summed E-state index contributed by atoms with van der Waals surface area (Å²) < 4.78 is 71.4. The van der Waals surface area contributed by atoms with Crippen molar-refractivity contribution < 1.29 is 30.5 Å². The van der Waals surface area contributed by atoms with Crippen LogP contribution in [0.3, 0.4) is 0 Å². The minimum absolute atomic E-state index is 0.0510. The Morgan fingerprint density at radius 2 is 1.45 bits per heavy atom. The number of para-hydroxylation sites is 2. The van der Waals surface area contributed by atoms with E-state index in [1.807, 2.05) is 0 Å². The Labute approximate surface area is 125 Å². The van der Waals surface area contributed by atoms with Crippen LogP contribution >= 0.6 is 0 Å². The average Bonchev–Trinajstić information content (AvgIpc) is 2.47. The Hall–Kier alpha value is -2.22. The van der Waals surface area contributed by atoms with Gasteiger partial charge in [0, 0.05) is 0 Å². The normalized spacial score (nSPS) is 12.0. The molecule has 2 rings (SSSR count). The maximum Gasteiger partial charge on any atom is 0.416 e. The van der Waals surface area contributed by atoms with Crippen LogP contribution in [0.15, 0.2) is 53.4 Å². The van der Waals surface area contributed by atoms with Gasteiger partial charge in [-0.25, -0.2) is 0 Å². The van der Waals surface area contributed by atoms with Crippen molar-refractivity contribution >= 4 is 10.1 Å². The summed E-state index contributed by atoms with van der Waals surface area (Å²) >= 11 is 0. The number of halogens is 3. The Morgan fingerprint density at radius 1 is 0.909 bits per heavy atom. The molecular weight excluding hydrogens is 321 g/mol. The summed E-state index contributed by atoms with van der Waals surface area (Å²) in [6.45, 7) is 0. The van der Waals surface area contributed by atoms with Crippen molar-refractivity contribution in [3.8, 4) is 11.5 Å². The lowest BCUT2D eigenvalue weighted by Gasteiger charge is -2.11. The molecule has 0 atom stereocenters. The van der Waals surface area contributed by atoms with Gasteiger partial charge in [-0.1, -0.05) is 12.1 Å². The van der Waals surface area contributed by atoms with E-state index in [9.17, 15) is 21.6 Å². The second-order valence-electron chi connectivity index (χ2n) is 4.21. The van der Waals surface area contributed by atoms with Gasteiger partial charge in [0.15, 0.2) is 11.5 Å². The number of rotatable bonds is 4. The fourth-order valence-electron chi connectivity index (χ4n) is 1.66. The van der Waals surface area contributed by atoms with Crippen LogP contribution in [0.1, 0.15) is 5.56 Å². The van der Waals surface area contributed by atoms with Crippen LogP contribution in [0.25, 0.3) is 0 Å². The van der Waals surface area contributed by atoms with Crippen LogP contribution in [-0.2, 0) is 16.3 Å². The number of hydrogen-bond donors (Lipinski definition) is 0. The standard InChI is InChI=1S/C14H11F3O4S/c1-20-12-4-2-3-5-13(12)21-22(18,19)11-8-6-10(7-9-11)14(15,16)17/h2-9H,1H3. The molecule has 4 nitrogen and oxygen atoms in total. The van der Waals surface area contributed by atoms with E-state index in [1.54, 1.807) is 12.1 Å². The summed E-state index contributed by atoms with van der Waals surface area (Å²) in [4.78, 5) is -0.383. The molecule has 0 aromatic heterocycles. The molecule has 2 aromatic carbocycles. The molecule has 0 aliphatic heterocycles. The quantitative estimate of drug-likeness (QED) is 0.805. The molecule has 8 heteroatoms. The first kappa shape index (κ1) is 16.2. The van der Waals surface area contributed by atoms with E-state index in [0.29, 0.717) is 12.1 Å². The number of methoxy groups -OCH3 is 1. The van der Waals surface area contributed by atoms with Crippen LogP contribution in [0.5, 0.6) is 11.5 Å². The highest BCUT2D eigenvalue weighted by atomic mass is 32.2. The maximum atomic E-state index is 12.5. The molecule has 0 spiro atoms. The largest absolute Gasteiger partial charge is 0.493 e. The monoisotopic (exact) mass is 332 g/mol. The highest BCUT2D eigenvalue weighted by Crippen LogP contribution is 2.31.